The van der Waals surface area contributed by atoms with E-state index in [2.05, 4.69) is 20.3 Å². The van der Waals surface area contributed by atoms with Crippen LogP contribution in [0.25, 0.3) is 10.4 Å². The summed E-state index contributed by atoms with van der Waals surface area (Å²) in [7, 11) is 0. The van der Waals surface area contributed by atoms with E-state index in [0.29, 0.717) is 13.1 Å². The van der Waals surface area contributed by atoms with Gasteiger partial charge in [-0.05, 0) is 11.1 Å². The van der Waals surface area contributed by atoms with Gasteiger partial charge in [0.05, 0.1) is 19.3 Å². The lowest BCUT2D eigenvalue weighted by atomic mass is 10.3. The molecule has 5 nitrogen and oxygen atoms in total. The van der Waals surface area contributed by atoms with Crippen molar-refractivity contribution in [1.29, 1.82) is 0 Å². The van der Waals surface area contributed by atoms with Crippen molar-refractivity contribution >= 4 is 0 Å². The maximum Gasteiger partial charge on any atom is 0.0833 e. The third kappa shape index (κ3) is 1.54. The topological polar surface area (TPSA) is 73.5 Å². The summed E-state index contributed by atoms with van der Waals surface area (Å²) in [6, 6.07) is 0. The zero-order valence-electron chi connectivity index (χ0n) is 4.73. The first-order chi connectivity index (χ1) is 4.43. The lowest BCUT2D eigenvalue weighted by Crippen LogP contribution is -1.86. The molecule has 9 heavy (non-hydrogen) atoms. The quantitative estimate of drug-likeness (QED) is 0.304. The smallest absolute Gasteiger partial charge is 0.0833 e. The normalized spacial score (nSPS) is 14.9. The number of hydrogen-bond acceptors (Lipinski definition) is 3. The second kappa shape index (κ2) is 2.84. The summed E-state index contributed by atoms with van der Waals surface area (Å²) in [5, 5.41) is 10.6. The molecule has 0 bridgehead atoms. The maximum atomic E-state index is 7.90. The van der Waals surface area contributed by atoms with Crippen LogP contribution in [0.1, 0.15) is 0 Å². The van der Waals surface area contributed by atoms with Gasteiger partial charge >= 0.3 is 0 Å². The highest BCUT2D eigenvalue weighted by atomic mass is 15.1. The standard InChI is InChI=1S/C4H5N5/c5-9-8-3-4-1-6-7-2-4/h1H,2-3H2. The molecule has 0 aliphatic carbocycles. The van der Waals surface area contributed by atoms with Crippen LogP contribution in [-0.4, -0.2) is 13.1 Å². The predicted octanol–water partition coefficient (Wildman–Crippen LogP) is 1.65. The van der Waals surface area contributed by atoms with Crippen LogP contribution in [0.3, 0.4) is 0 Å². The molecule has 1 aliphatic heterocycles. The lowest BCUT2D eigenvalue weighted by molar-refractivity contribution is 1.03. The minimum Gasteiger partial charge on any atom is -0.185 e. The maximum absolute atomic E-state index is 7.90. The van der Waals surface area contributed by atoms with Crippen LogP contribution in [0.2, 0.25) is 0 Å². The monoisotopic (exact) mass is 123 g/mol. The lowest BCUT2D eigenvalue weighted by Gasteiger charge is -1.85. The summed E-state index contributed by atoms with van der Waals surface area (Å²) in [6.07, 6.45) is 1.62. The molecule has 0 aromatic carbocycles. The van der Waals surface area contributed by atoms with E-state index < -0.39 is 0 Å². The molecule has 0 amide bonds. The highest BCUT2D eigenvalue weighted by Crippen LogP contribution is 2.03. The van der Waals surface area contributed by atoms with Crippen molar-refractivity contribution in [3.63, 3.8) is 0 Å². The minimum absolute atomic E-state index is 0.392. The van der Waals surface area contributed by atoms with Gasteiger partial charge in [-0.2, -0.15) is 10.2 Å². The summed E-state index contributed by atoms with van der Waals surface area (Å²) >= 11 is 0. The molecule has 1 heterocycles. The number of nitrogens with zero attached hydrogens (tertiary/aromatic N) is 5. The first-order valence-corrected chi connectivity index (χ1v) is 2.49. The fourth-order valence-corrected chi connectivity index (χ4v) is 0.508. The first kappa shape index (κ1) is 5.78. The van der Waals surface area contributed by atoms with Crippen LogP contribution in [0, 0.1) is 0 Å². The SMILES string of the molecule is [N-]=[N+]=NCC1=CN=NC1. The molecule has 0 unspecified atom stereocenters. The zero-order valence-corrected chi connectivity index (χ0v) is 4.73. The van der Waals surface area contributed by atoms with E-state index in [1.54, 1.807) is 6.20 Å². The van der Waals surface area contributed by atoms with Crippen molar-refractivity contribution in [2.24, 2.45) is 15.3 Å². The molecular weight excluding hydrogens is 118 g/mol. The third-order valence-corrected chi connectivity index (χ3v) is 0.933. The van der Waals surface area contributed by atoms with Gasteiger partial charge in [-0.1, -0.05) is 5.11 Å². The molecule has 1 aliphatic rings. The fraction of sp³-hybridized carbons (Fsp3) is 0.500. The highest BCUT2D eigenvalue weighted by Gasteiger charge is 1.97. The number of azo groups is 1. The molecule has 0 fully saturated rings. The molecule has 0 atom stereocenters. The average Bonchev–Trinajstić information content (AvgIpc) is 2.34. The zero-order chi connectivity index (χ0) is 6.53. The van der Waals surface area contributed by atoms with Gasteiger partial charge in [0.15, 0.2) is 0 Å². The Hall–Kier alpha value is -1.35. The van der Waals surface area contributed by atoms with Gasteiger partial charge in [-0.15, -0.1) is 0 Å². The Morgan fingerprint density at radius 2 is 2.78 bits per heavy atom. The Labute approximate surface area is 51.7 Å². The second-order valence-electron chi connectivity index (χ2n) is 1.59. The molecule has 0 aromatic rings. The molecule has 0 aromatic heterocycles. The Kier molecular flexibility index (Phi) is 1.82. The molecular formula is C4H5N5. The number of rotatable bonds is 2. The van der Waals surface area contributed by atoms with Gasteiger partial charge in [0.25, 0.3) is 0 Å². The van der Waals surface area contributed by atoms with E-state index in [9.17, 15) is 0 Å². The van der Waals surface area contributed by atoms with Crippen LogP contribution < -0.4 is 0 Å². The van der Waals surface area contributed by atoms with Crippen molar-refractivity contribution in [3.8, 4) is 0 Å². The predicted molar refractivity (Wildman–Crippen MR) is 31.8 cm³/mol. The number of azide groups is 1. The van der Waals surface area contributed by atoms with E-state index in [4.69, 9.17) is 5.53 Å². The summed E-state index contributed by atoms with van der Waals surface area (Å²) in [5.41, 5.74) is 8.86. The molecule has 0 radical (unpaired) electrons. The molecule has 0 N–H and O–H groups in total. The Morgan fingerprint density at radius 1 is 1.89 bits per heavy atom. The van der Waals surface area contributed by atoms with E-state index in [-0.39, 0.29) is 0 Å². The van der Waals surface area contributed by atoms with Crippen LogP contribution in [0.4, 0.5) is 0 Å². The van der Waals surface area contributed by atoms with Crippen molar-refractivity contribution in [1.82, 2.24) is 0 Å². The Morgan fingerprint density at radius 3 is 3.33 bits per heavy atom. The molecule has 0 saturated carbocycles. The van der Waals surface area contributed by atoms with Crippen LogP contribution in [0.15, 0.2) is 27.1 Å². The molecule has 1 rings (SSSR count). The second-order valence-corrected chi connectivity index (χ2v) is 1.59. The summed E-state index contributed by atoms with van der Waals surface area (Å²) in [6.45, 7) is 0.975. The molecule has 0 spiro atoms. The Balaban J connectivity index is 2.38. The van der Waals surface area contributed by atoms with Crippen molar-refractivity contribution in [2.75, 3.05) is 13.1 Å². The molecule has 46 valence electrons. The van der Waals surface area contributed by atoms with Gasteiger partial charge < -0.3 is 0 Å². The van der Waals surface area contributed by atoms with E-state index in [1.807, 2.05) is 0 Å². The van der Waals surface area contributed by atoms with E-state index >= 15 is 0 Å². The van der Waals surface area contributed by atoms with Gasteiger partial charge in [-0.3, -0.25) is 0 Å². The van der Waals surface area contributed by atoms with Crippen molar-refractivity contribution in [2.45, 2.75) is 0 Å². The molecule has 0 saturated heterocycles. The van der Waals surface area contributed by atoms with Gasteiger partial charge in [-0.25, -0.2) is 0 Å². The van der Waals surface area contributed by atoms with Gasteiger partial charge in [0.1, 0.15) is 0 Å². The minimum atomic E-state index is 0.392. The highest BCUT2D eigenvalue weighted by molar-refractivity contribution is 5.08. The van der Waals surface area contributed by atoms with Crippen LogP contribution in [0.5, 0.6) is 0 Å². The van der Waals surface area contributed by atoms with Crippen molar-refractivity contribution in [3.05, 3.63) is 22.2 Å². The Bertz CT molecular complexity index is 197. The number of hydrogen-bond donors (Lipinski definition) is 0. The summed E-state index contributed by atoms with van der Waals surface area (Å²) in [5.74, 6) is 0. The summed E-state index contributed by atoms with van der Waals surface area (Å²) < 4.78 is 0. The van der Waals surface area contributed by atoms with Crippen LogP contribution in [-0.2, 0) is 0 Å². The molecule has 5 heteroatoms. The third-order valence-electron chi connectivity index (χ3n) is 0.933. The van der Waals surface area contributed by atoms with Gasteiger partial charge in [0, 0.05) is 4.91 Å². The van der Waals surface area contributed by atoms with E-state index in [0.717, 1.165) is 5.57 Å². The fourth-order valence-electron chi connectivity index (χ4n) is 0.508. The summed E-state index contributed by atoms with van der Waals surface area (Å²) in [4.78, 5) is 2.60. The van der Waals surface area contributed by atoms with E-state index in [1.165, 1.54) is 0 Å². The van der Waals surface area contributed by atoms with Gasteiger partial charge in [0.2, 0.25) is 0 Å². The largest absolute Gasteiger partial charge is 0.185 e. The van der Waals surface area contributed by atoms with Crippen LogP contribution >= 0.6 is 0 Å². The first-order valence-electron chi connectivity index (χ1n) is 2.49. The van der Waals surface area contributed by atoms with Crippen molar-refractivity contribution < 1.29 is 0 Å². The average molecular weight is 123 g/mol.